The molecule has 1 heterocycles. The number of hydrogen-bond donors (Lipinski definition) is 1. The van der Waals surface area contributed by atoms with E-state index in [4.69, 9.17) is 9.84 Å². The van der Waals surface area contributed by atoms with Gasteiger partial charge in [-0.2, -0.15) is 0 Å². The summed E-state index contributed by atoms with van der Waals surface area (Å²) in [7, 11) is 0. The molecule has 0 spiro atoms. The van der Waals surface area contributed by atoms with Crippen molar-refractivity contribution in [3.8, 4) is 0 Å². The number of hydrogen-bond acceptors (Lipinski definition) is 3. The van der Waals surface area contributed by atoms with Crippen molar-refractivity contribution in [3.05, 3.63) is 6.92 Å². The van der Waals surface area contributed by atoms with Crippen LogP contribution >= 0.6 is 0 Å². The van der Waals surface area contributed by atoms with Crippen molar-refractivity contribution in [2.45, 2.75) is 18.9 Å². The molecule has 0 aromatic rings. The molecular formula is C9H18NO2. The summed E-state index contributed by atoms with van der Waals surface area (Å²) in [5, 5.41) is 8.93. The van der Waals surface area contributed by atoms with E-state index in [1.54, 1.807) is 0 Å². The second-order valence-corrected chi connectivity index (χ2v) is 3.25. The summed E-state index contributed by atoms with van der Waals surface area (Å²) in [5.41, 5.74) is 0. The Morgan fingerprint density at radius 2 is 2.08 bits per heavy atom. The van der Waals surface area contributed by atoms with E-state index in [0.717, 1.165) is 45.7 Å². The first kappa shape index (κ1) is 9.96. The average molecular weight is 172 g/mol. The number of aliphatic hydroxyl groups excluding tert-OH is 1. The number of rotatable bonds is 4. The topological polar surface area (TPSA) is 32.7 Å². The third-order valence-electron chi connectivity index (χ3n) is 2.12. The zero-order valence-electron chi connectivity index (χ0n) is 7.54. The maximum atomic E-state index is 8.93. The normalized spacial score (nSPS) is 22.5. The van der Waals surface area contributed by atoms with Gasteiger partial charge in [0.05, 0.1) is 19.3 Å². The summed E-state index contributed by atoms with van der Waals surface area (Å²) >= 11 is 0. The van der Waals surface area contributed by atoms with Crippen molar-refractivity contribution in [1.29, 1.82) is 0 Å². The van der Waals surface area contributed by atoms with Gasteiger partial charge in [0.15, 0.2) is 0 Å². The lowest BCUT2D eigenvalue weighted by molar-refractivity contribution is 0.0359. The molecule has 0 aromatic carbocycles. The van der Waals surface area contributed by atoms with Crippen LogP contribution in [0.4, 0.5) is 0 Å². The summed E-state index contributed by atoms with van der Waals surface area (Å²) in [5.74, 6) is 0. The monoisotopic (exact) mass is 172 g/mol. The van der Waals surface area contributed by atoms with Crippen molar-refractivity contribution < 1.29 is 9.84 Å². The number of ether oxygens (including phenoxy) is 1. The van der Waals surface area contributed by atoms with Gasteiger partial charge < -0.3 is 9.84 Å². The van der Waals surface area contributed by atoms with E-state index in [2.05, 4.69) is 11.8 Å². The highest BCUT2D eigenvalue weighted by Crippen LogP contribution is 2.01. The van der Waals surface area contributed by atoms with Crippen LogP contribution in [-0.2, 0) is 4.74 Å². The summed E-state index contributed by atoms with van der Waals surface area (Å²) in [6.07, 6.45) is 1.44. The van der Waals surface area contributed by atoms with Crippen LogP contribution in [0, 0.1) is 6.92 Å². The van der Waals surface area contributed by atoms with Crippen LogP contribution < -0.4 is 0 Å². The first-order valence-electron chi connectivity index (χ1n) is 4.60. The molecule has 0 saturated carbocycles. The first-order valence-corrected chi connectivity index (χ1v) is 4.60. The van der Waals surface area contributed by atoms with E-state index in [9.17, 15) is 0 Å². The zero-order chi connectivity index (χ0) is 8.81. The van der Waals surface area contributed by atoms with Crippen LogP contribution in [-0.4, -0.2) is 49.0 Å². The van der Waals surface area contributed by atoms with E-state index >= 15 is 0 Å². The Kier molecular flexibility index (Phi) is 4.58. The Balaban J connectivity index is 1.98. The summed E-state index contributed by atoms with van der Waals surface area (Å²) < 4.78 is 5.22. The van der Waals surface area contributed by atoms with E-state index in [1.165, 1.54) is 0 Å². The lowest BCUT2D eigenvalue weighted by Gasteiger charge is -2.26. The maximum absolute atomic E-state index is 8.93. The Labute approximate surface area is 74.3 Å². The minimum atomic E-state index is -0.397. The lowest BCUT2D eigenvalue weighted by atomic mass is 10.2. The maximum Gasteiger partial charge on any atom is 0.0594 e. The number of morpholine rings is 1. The molecule has 1 aliphatic rings. The van der Waals surface area contributed by atoms with Crippen LogP contribution in [0.3, 0.4) is 0 Å². The smallest absolute Gasteiger partial charge is 0.0594 e. The van der Waals surface area contributed by atoms with Gasteiger partial charge in [-0.1, -0.05) is 0 Å². The van der Waals surface area contributed by atoms with Crippen molar-refractivity contribution in [3.63, 3.8) is 0 Å². The van der Waals surface area contributed by atoms with Crippen molar-refractivity contribution in [2.75, 3.05) is 32.8 Å². The quantitative estimate of drug-likeness (QED) is 0.661. The molecule has 1 N–H and O–H groups in total. The molecule has 12 heavy (non-hydrogen) atoms. The molecule has 71 valence electrons. The standard InChI is InChI=1S/C9H18NO2/c1-9(11)3-2-4-10-5-7-12-8-6-10/h9,11H,1-8H2. The molecule has 1 saturated heterocycles. The first-order chi connectivity index (χ1) is 5.79. The van der Waals surface area contributed by atoms with Crippen LogP contribution in [0.15, 0.2) is 0 Å². The minimum Gasteiger partial charge on any atom is -0.393 e. The van der Waals surface area contributed by atoms with E-state index in [0.29, 0.717) is 0 Å². The van der Waals surface area contributed by atoms with Gasteiger partial charge in [0.25, 0.3) is 0 Å². The highest BCUT2D eigenvalue weighted by molar-refractivity contribution is 4.64. The van der Waals surface area contributed by atoms with Gasteiger partial charge in [-0.3, -0.25) is 4.90 Å². The zero-order valence-corrected chi connectivity index (χ0v) is 7.54. The van der Waals surface area contributed by atoms with Crippen LogP contribution in [0.2, 0.25) is 0 Å². The molecule has 3 heteroatoms. The van der Waals surface area contributed by atoms with Crippen molar-refractivity contribution in [1.82, 2.24) is 4.90 Å². The molecule has 1 aliphatic heterocycles. The molecule has 1 fully saturated rings. The third-order valence-corrected chi connectivity index (χ3v) is 2.12. The summed E-state index contributed by atoms with van der Waals surface area (Å²) in [6, 6.07) is 0. The number of aliphatic hydroxyl groups is 1. The van der Waals surface area contributed by atoms with E-state index < -0.39 is 6.10 Å². The van der Waals surface area contributed by atoms with Crippen LogP contribution in [0.5, 0.6) is 0 Å². The predicted octanol–water partition coefficient (Wildman–Crippen LogP) is 0.294. The average Bonchev–Trinajstić information content (AvgIpc) is 2.05. The molecule has 0 bridgehead atoms. The Hall–Kier alpha value is -0.120. The second-order valence-electron chi connectivity index (χ2n) is 3.25. The van der Waals surface area contributed by atoms with E-state index in [1.807, 2.05) is 0 Å². The highest BCUT2D eigenvalue weighted by atomic mass is 16.5. The fourth-order valence-electron chi connectivity index (χ4n) is 1.38. The lowest BCUT2D eigenvalue weighted by Crippen LogP contribution is -2.37. The molecule has 0 aromatic heterocycles. The predicted molar refractivity (Wildman–Crippen MR) is 47.9 cm³/mol. The summed E-state index contributed by atoms with van der Waals surface area (Å²) in [4.78, 5) is 2.37. The van der Waals surface area contributed by atoms with Gasteiger partial charge in [-0.25, -0.2) is 0 Å². The van der Waals surface area contributed by atoms with Gasteiger partial charge in [0, 0.05) is 13.1 Å². The van der Waals surface area contributed by atoms with Crippen molar-refractivity contribution >= 4 is 0 Å². The largest absolute Gasteiger partial charge is 0.393 e. The molecule has 1 rings (SSSR count). The summed E-state index contributed by atoms with van der Waals surface area (Å²) in [6.45, 7) is 8.38. The van der Waals surface area contributed by atoms with E-state index in [-0.39, 0.29) is 0 Å². The molecule has 1 atom stereocenters. The second kappa shape index (κ2) is 5.51. The Morgan fingerprint density at radius 3 is 2.67 bits per heavy atom. The molecular weight excluding hydrogens is 154 g/mol. The molecule has 1 unspecified atom stereocenters. The molecule has 0 amide bonds. The van der Waals surface area contributed by atoms with Gasteiger partial charge >= 0.3 is 0 Å². The third kappa shape index (κ3) is 4.04. The molecule has 0 aliphatic carbocycles. The Bertz CT molecular complexity index is 111. The molecule has 3 nitrogen and oxygen atoms in total. The van der Waals surface area contributed by atoms with Gasteiger partial charge in [-0.15, -0.1) is 0 Å². The SMILES string of the molecule is [CH2]C(O)CCCN1CCOCC1. The van der Waals surface area contributed by atoms with Gasteiger partial charge in [-0.05, 0) is 26.3 Å². The number of nitrogens with zero attached hydrogens (tertiary/aromatic N) is 1. The molecule has 1 radical (unpaired) electrons. The minimum absolute atomic E-state index is 0.397. The fourth-order valence-corrected chi connectivity index (χ4v) is 1.38. The Morgan fingerprint density at radius 1 is 1.42 bits per heavy atom. The highest BCUT2D eigenvalue weighted by Gasteiger charge is 2.09. The van der Waals surface area contributed by atoms with Crippen LogP contribution in [0.1, 0.15) is 12.8 Å². The van der Waals surface area contributed by atoms with Crippen molar-refractivity contribution in [2.24, 2.45) is 0 Å². The fraction of sp³-hybridized carbons (Fsp3) is 0.889. The van der Waals surface area contributed by atoms with Gasteiger partial charge in [0.2, 0.25) is 0 Å². The van der Waals surface area contributed by atoms with Gasteiger partial charge in [0.1, 0.15) is 0 Å². The van der Waals surface area contributed by atoms with Crippen LogP contribution in [0.25, 0.3) is 0 Å².